The molecule has 2 aromatic carbocycles. The SMILES string of the molecule is CC(=O)c1cccc(NC(=O)N[C@@H]2CCCC[C@H]2N[C@H]2CCC[C@@H](Cc3ccc(F)cc3)C2)c1. The molecule has 2 saturated carbocycles. The van der Waals surface area contributed by atoms with E-state index >= 15 is 0 Å². The van der Waals surface area contributed by atoms with Crippen molar-refractivity contribution in [2.45, 2.75) is 82.8 Å². The highest BCUT2D eigenvalue weighted by atomic mass is 19.1. The Kier molecular flexibility index (Phi) is 8.33. The minimum atomic E-state index is -0.225. The summed E-state index contributed by atoms with van der Waals surface area (Å²) in [6.07, 6.45) is 9.98. The van der Waals surface area contributed by atoms with Gasteiger partial charge in [0.25, 0.3) is 0 Å². The Morgan fingerprint density at radius 1 is 0.941 bits per heavy atom. The van der Waals surface area contributed by atoms with E-state index < -0.39 is 0 Å². The molecule has 0 unspecified atom stereocenters. The Morgan fingerprint density at radius 3 is 2.47 bits per heavy atom. The normalized spacial score (nSPS) is 24.9. The van der Waals surface area contributed by atoms with Crippen LogP contribution < -0.4 is 16.0 Å². The molecule has 2 fully saturated rings. The lowest BCUT2D eigenvalue weighted by Crippen LogP contribution is -2.55. The molecule has 34 heavy (non-hydrogen) atoms. The van der Waals surface area contributed by atoms with Gasteiger partial charge in [-0.1, -0.05) is 49.9 Å². The summed E-state index contributed by atoms with van der Waals surface area (Å²) in [6, 6.07) is 14.5. The van der Waals surface area contributed by atoms with Gasteiger partial charge >= 0.3 is 6.03 Å². The number of anilines is 1. The van der Waals surface area contributed by atoms with Crippen LogP contribution in [0.1, 0.15) is 74.2 Å². The fourth-order valence-corrected chi connectivity index (χ4v) is 5.54. The third kappa shape index (κ3) is 6.89. The van der Waals surface area contributed by atoms with Gasteiger partial charge in [0.2, 0.25) is 0 Å². The fourth-order valence-electron chi connectivity index (χ4n) is 5.54. The molecule has 0 bridgehead atoms. The number of Topliss-reactive ketones (excluding diaryl/α,β-unsaturated/α-hetero) is 1. The maximum absolute atomic E-state index is 13.2. The smallest absolute Gasteiger partial charge is 0.319 e. The van der Waals surface area contributed by atoms with Crippen LogP contribution in [-0.2, 0) is 6.42 Å². The standard InChI is InChI=1S/C28H36FN3O2/c1-19(33)22-7-5-9-25(18-22)31-28(34)32-27-11-3-2-10-26(27)30-24-8-4-6-21(17-24)16-20-12-14-23(29)15-13-20/h5,7,9,12-15,18,21,24,26-27,30H,2-4,6,8,10-11,16-17H2,1H3,(H2,31,32,34)/t21-,24-,26+,27+/m0/s1. The van der Waals surface area contributed by atoms with Crippen LogP contribution >= 0.6 is 0 Å². The Hall–Kier alpha value is -2.73. The molecule has 0 radical (unpaired) electrons. The van der Waals surface area contributed by atoms with Crippen molar-refractivity contribution in [2.75, 3.05) is 5.32 Å². The summed E-state index contributed by atoms with van der Waals surface area (Å²) in [7, 11) is 0. The number of carbonyl (C=O) groups is 2. The van der Waals surface area contributed by atoms with Gasteiger partial charge in [0, 0.05) is 29.4 Å². The molecule has 4 rings (SSSR count). The first-order valence-corrected chi connectivity index (χ1v) is 12.7. The number of halogens is 1. The number of hydrogen-bond acceptors (Lipinski definition) is 3. The quantitative estimate of drug-likeness (QED) is 0.449. The molecule has 4 atom stereocenters. The second-order valence-corrected chi connectivity index (χ2v) is 9.96. The van der Waals surface area contributed by atoms with Gasteiger partial charge in [-0.3, -0.25) is 4.79 Å². The van der Waals surface area contributed by atoms with Crippen molar-refractivity contribution in [3.63, 3.8) is 0 Å². The van der Waals surface area contributed by atoms with Crippen molar-refractivity contribution in [2.24, 2.45) is 5.92 Å². The van der Waals surface area contributed by atoms with Crippen molar-refractivity contribution in [1.82, 2.24) is 10.6 Å². The number of hydrogen-bond donors (Lipinski definition) is 3. The Bertz CT molecular complexity index is 978. The predicted molar refractivity (Wildman–Crippen MR) is 134 cm³/mol. The van der Waals surface area contributed by atoms with Gasteiger partial charge in [-0.25, -0.2) is 9.18 Å². The van der Waals surface area contributed by atoms with Gasteiger partial charge in [-0.15, -0.1) is 0 Å². The number of nitrogens with one attached hydrogen (secondary N) is 3. The summed E-state index contributed by atoms with van der Waals surface area (Å²) in [4.78, 5) is 24.3. The van der Waals surface area contributed by atoms with E-state index in [-0.39, 0.29) is 29.7 Å². The molecule has 6 heteroatoms. The van der Waals surface area contributed by atoms with E-state index in [1.54, 1.807) is 36.4 Å². The number of ketones is 1. The molecule has 3 N–H and O–H groups in total. The van der Waals surface area contributed by atoms with E-state index in [2.05, 4.69) is 16.0 Å². The minimum Gasteiger partial charge on any atom is -0.334 e. The summed E-state index contributed by atoms with van der Waals surface area (Å²) < 4.78 is 13.2. The topological polar surface area (TPSA) is 70.2 Å². The summed E-state index contributed by atoms with van der Waals surface area (Å²) >= 11 is 0. The molecule has 2 aliphatic rings. The molecule has 0 aromatic heterocycles. The highest BCUT2D eigenvalue weighted by Gasteiger charge is 2.30. The van der Waals surface area contributed by atoms with Crippen molar-refractivity contribution >= 4 is 17.5 Å². The zero-order chi connectivity index (χ0) is 23.9. The lowest BCUT2D eigenvalue weighted by molar-refractivity contribution is 0.101. The molecule has 2 aromatic rings. The third-order valence-corrected chi connectivity index (χ3v) is 7.28. The van der Waals surface area contributed by atoms with Gasteiger partial charge in [0.1, 0.15) is 5.82 Å². The second kappa shape index (κ2) is 11.6. The summed E-state index contributed by atoms with van der Waals surface area (Å²) in [5.41, 5.74) is 2.42. The molecule has 0 heterocycles. The predicted octanol–water partition coefficient (Wildman–Crippen LogP) is 5.85. The van der Waals surface area contributed by atoms with Crippen LogP contribution in [0.4, 0.5) is 14.9 Å². The van der Waals surface area contributed by atoms with E-state index in [4.69, 9.17) is 0 Å². The molecular formula is C28H36FN3O2. The first-order chi connectivity index (χ1) is 16.5. The Morgan fingerprint density at radius 2 is 1.71 bits per heavy atom. The van der Waals surface area contributed by atoms with E-state index in [1.807, 2.05) is 12.1 Å². The summed E-state index contributed by atoms with van der Waals surface area (Å²) in [5.74, 6) is 0.396. The maximum Gasteiger partial charge on any atom is 0.319 e. The van der Waals surface area contributed by atoms with Gasteiger partial charge < -0.3 is 16.0 Å². The third-order valence-electron chi connectivity index (χ3n) is 7.28. The summed E-state index contributed by atoms with van der Waals surface area (Å²) in [5, 5.41) is 9.95. The van der Waals surface area contributed by atoms with E-state index in [0.717, 1.165) is 38.5 Å². The number of amides is 2. The van der Waals surface area contributed by atoms with Crippen molar-refractivity contribution < 1.29 is 14.0 Å². The monoisotopic (exact) mass is 465 g/mol. The molecule has 0 aliphatic heterocycles. The largest absolute Gasteiger partial charge is 0.334 e. The zero-order valence-corrected chi connectivity index (χ0v) is 20.0. The molecule has 5 nitrogen and oxygen atoms in total. The van der Waals surface area contributed by atoms with Crippen LogP contribution in [0.25, 0.3) is 0 Å². The zero-order valence-electron chi connectivity index (χ0n) is 20.0. The number of urea groups is 1. The van der Waals surface area contributed by atoms with E-state index in [1.165, 1.54) is 31.7 Å². The molecule has 2 amide bonds. The number of carbonyl (C=O) groups excluding carboxylic acids is 2. The van der Waals surface area contributed by atoms with Crippen LogP contribution in [0.2, 0.25) is 0 Å². The highest BCUT2D eigenvalue weighted by molar-refractivity contribution is 5.96. The summed E-state index contributed by atoms with van der Waals surface area (Å²) in [6.45, 7) is 1.52. The number of benzene rings is 2. The average Bonchev–Trinajstić information content (AvgIpc) is 2.82. The van der Waals surface area contributed by atoms with Gasteiger partial charge in [-0.05, 0) is 74.8 Å². The number of rotatable bonds is 7. The lowest BCUT2D eigenvalue weighted by Gasteiger charge is -2.38. The first kappa shape index (κ1) is 24.4. The highest BCUT2D eigenvalue weighted by Crippen LogP contribution is 2.29. The maximum atomic E-state index is 13.2. The molecular weight excluding hydrogens is 429 g/mol. The van der Waals surface area contributed by atoms with Gasteiger partial charge in [-0.2, -0.15) is 0 Å². The first-order valence-electron chi connectivity index (χ1n) is 12.7. The molecule has 0 saturated heterocycles. The van der Waals surface area contributed by atoms with Crippen LogP contribution in [0.15, 0.2) is 48.5 Å². The lowest BCUT2D eigenvalue weighted by atomic mass is 9.81. The molecule has 2 aliphatic carbocycles. The Balaban J connectivity index is 1.30. The Labute approximate surface area is 201 Å². The molecule has 0 spiro atoms. The van der Waals surface area contributed by atoms with Crippen LogP contribution in [0.5, 0.6) is 0 Å². The molecule has 182 valence electrons. The fraction of sp³-hybridized carbons (Fsp3) is 0.500. The van der Waals surface area contributed by atoms with Crippen molar-refractivity contribution in [1.29, 1.82) is 0 Å². The van der Waals surface area contributed by atoms with E-state index in [9.17, 15) is 14.0 Å². The van der Waals surface area contributed by atoms with Crippen molar-refractivity contribution in [3.05, 3.63) is 65.5 Å². The van der Waals surface area contributed by atoms with Crippen LogP contribution in [0, 0.1) is 11.7 Å². The van der Waals surface area contributed by atoms with Crippen LogP contribution in [0.3, 0.4) is 0 Å². The average molecular weight is 466 g/mol. The second-order valence-electron chi connectivity index (χ2n) is 9.96. The van der Waals surface area contributed by atoms with Gasteiger partial charge in [0.15, 0.2) is 5.78 Å². The van der Waals surface area contributed by atoms with Crippen molar-refractivity contribution in [3.8, 4) is 0 Å². The van der Waals surface area contributed by atoms with E-state index in [0.29, 0.717) is 23.2 Å². The van der Waals surface area contributed by atoms with Gasteiger partial charge in [0.05, 0.1) is 0 Å². The minimum absolute atomic E-state index is 0.0224. The van der Waals surface area contributed by atoms with Crippen LogP contribution in [-0.4, -0.2) is 29.9 Å².